The maximum absolute atomic E-state index is 13.5. The van der Waals surface area contributed by atoms with Crippen LogP contribution < -0.4 is 10.1 Å². The molecule has 2 aromatic rings. The third-order valence-corrected chi connectivity index (χ3v) is 8.01. The molecule has 5 nitrogen and oxygen atoms in total. The summed E-state index contributed by atoms with van der Waals surface area (Å²) >= 11 is 14.0. The summed E-state index contributed by atoms with van der Waals surface area (Å²) in [4.78, 5) is 28.5. The second-order valence-corrected chi connectivity index (χ2v) is 10.6. The highest BCUT2D eigenvalue weighted by atomic mass is 35.5. The number of halogens is 2. The Kier molecular flexibility index (Phi) is 11.1. The van der Waals surface area contributed by atoms with Gasteiger partial charge in [-0.2, -0.15) is 0 Å². The van der Waals surface area contributed by atoms with Crippen LogP contribution >= 0.6 is 35.0 Å². The molecule has 8 heteroatoms. The van der Waals surface area contributed by atoms with Crippen LogP contribution in [0.1, 0.15) is 56.6 Å². The molecule has 0 bridgehead atoms. The predicted octanol–water partition coefficient (Wildman–Crippen LogP) is 6.49. The van der Waals surface area contributed by atoms with Crippen molar-refractivity contribution in [2.75, 3.05) is 12.9 Å². The lowest BCUT2D eigenvalue weighted by Gasteiger charge is -2.33. The molecule has 1 aliphatic carbocycles. The minimum Gasteiger partial charge on any atom is -0.497 e. The van der Waals surface area contributed by atoms with Gasteiger partial charge in [-0.3, -0.25) is 9.59 Å². The monoisotopic (exact) mass is 536 g/mol. The van der Waals surface area contributed by atoms with Gasteiger partial charge in [0.1, 0.15) is 11.8 Å². The van der Waals surface area contributed by atoms with E-state index in [9.17, 15) is 9.59 Å². The fourth-order valence-corrected chi connectivity index (χ4v) is 6.07. The van der Waals surface area contributed by atoms with Gasteiger partial charge >= 0.3 is 0 Å². The van der Waals surface area contributed by atoms with Crippen molar-refractivity contribution < 1.29 is 14.3 Å². The van der Waals surface area contributed by atoms with E-state index in [0.717, 1.165) is 42.6 Å². The van der Waals surface area contributed by atoms with Gasteiger partial charge in [-0.1, -0.05) is 67.6 Å². The summed E-state index contributed by atoms with van der Waals surface area (Å²) in [7, 11) is 1.62. The largest absolute Gasteiger partial charge is 0.497 e. The van der Waals surface area contributed by atoms with Crippen molar-refractivity contribution in [1.82, 2.24) is 10.2 Å². The Morgan fingerprint density at radius 1 is 1.11 bits per heavy atom. The summed E-state index contributed by atoms with van der Waals surface area (Å²) in [5.74, 6) is 1.29. The molecule has 35 heavy (non-hydrogen) atoms. The number of amides is 2. The van der Waals surface area contributed by atoms with Crippen molar-refractivity contribution in [1.29, 1.82) is 0 Å². The summed E-state index contributed by atoms with van der Waals surface area (Å²) in [5.41, 5.74) is 1.73. The zero-order valence-corrected chi connectivity index (χ0v) is 22.7. The molecule has 0 aromatic heterocycles. The number of carbonyl (C=O) groups is 2. The van der Waals surface area contributed by atoms with Gasteiger partial charge in [0.2, 0.25) is 11.8 Å². The zero-order valence-electron chi connectivity index (χ0n) is 20.4. The first-order valence-corrected chi connectivity index (χ1v) is 14.1. The molecule has 1 atom stereocenters. The lowest BCUT2D eigenvalue weighted by molar-refractivity contribution is -0.139. The standard InChI is InChI=1S/C27H34Cl2N2O3S/c1-3-25(27(33)30-20-10-5-4-6-11-20)31(16-19-9-7-12-21(15-19)34-2)26(32)18-35-17-22-23(28)13-8-14-24(22)29/h7-9,12-15,20,25H,3-6,10-11,16-18H2,1-2H3,(H,30,33)/t25-/m1/s1. The number of nitrogens with one attached hydrogen (secondary N) is 1. The van der Waals surface area contributed by atoms with Crippen LogP contribution in [0.25, 0.3) is 0 Å². The number of ether oxygens (including phenoxy) is 1. The third-order valence-electron chi connectivity index (χ3n) is 6.36. The van der Waals surface area contributed by atoms with Crippen molar-refractivity contribution in [2.24, 2.45) is 0 Å². The van der Waals surface area contributed by atoms with Gasteiger partial charge in [0.15, 0.2) is 0 Å². The Bertz CT molecular complexity index is 978. The Hall–Kier alpha value is -1.89. The van der Waals surface area contributed by atoms with Crippen LogP contribution in [0, 0.1) is 0 Å². The van der Waals surface area contributed by atoms with E-state index >= 15 is 0 Å². The van der Waals surface area contributed by atoms with Crippen molar-refractivity contribution in [3.63, 3.8) is 0 Å². The number of rotatable bonds is 11. The Labute approximate surface area is 222 Å². The number of hydrogen-bond acceptors (Lipinski definition) is 4. The number of nitrogens with zero attached hydrogens (tertiary/aromatic N) is 1. The normalized spacial score (nSPS) is 14.9. The average molecular weight is 538 g/mol. The van der Waals surface area contributed by atoms with Gasteiger partial charge in [-0.15, -0.1) is 11.8 Å². The molecule has 3 rings (SSSR count). The second-order valence-electron chi connectivity index (χ2n) is 8.83. The highest BCUT2D eigenvalue weighted by Gasteiger charge is 2.30. The maximum atomic E-state index is 13.5. The van der Waals surface area contributed by atoms with E-state index in [1.807, 2.05) is 31.2 Å². The van der Waals surface area contributed by atoms with Crippen LogP contribution in [0.5, 0.6) is 5.75 Å². The van der Waals surface area contributed by atoms with Gasteiger partial charge in [0.05, 0.1) is 12.9 Å². The Morgan fingerprint density at radius 3 is 2.46 bits per heavy atom. The van der Waals surface area contributed by atoms with Crippen LogP contribution in [0.4, 0.5) is 0 Å². The number of carbonyl (C=O) groups excluding carboxylic acids is 2. The van der Waals surface area contributed by atoms with Gasteiger partial charge in [0, 0.05) is 28.4 Å². The van der Waals surface area contributed by atoms with Gasteiger partial charge in [-0.25, -0.2) is 0 Å². The molecule has 2 aromatic carbocycles. The molecule has 2 amide bonds. The molecule has 1 saturated carbocycles. The Balaban J connectivity index is 1.74. The maximum Gasteiger partial charge on any atom is 0.243 e. The van der Waals surface area contributed by atoms with E-state index in [1.165, 1.54) is 18.2 Å². The molecule has 0 heterocycles. The van der Waals surface area contributed by atoms with Crippen LogP contribution in [0.15, 0.2) is 42.5 Å². The topological polar surface area (TPSA) is 58.6 Å². The fraction of sp³-hybridized carbons (Fsp3) is 0.481. The number of methoxy groups -OCH3 is 1. The minimum atomic E-state index is -0.542. The molecule has 0 spiro atoms. The van der Waals surface area contributed by atoms with Crippen molar-refractivity contribution >= 4 is 46.8 Å². The van der Waals surface area contributed by atoms with Crippen molar-refractivity contribution in [3.8, 4) is 5.75 Å². The van der Waals surface area contributed by atoms with E-state index in [-0.39, 0.29) is 23.6 Å². The lowest BCUT2D eigenvalue weighted by Crippen LogP contribution is -2.52. The molecule has 0 saturated heterocycles. The highest BCUT2D eigenvalue weighted by molar-refractivity contribution is 7.99. The number of hydrogen-bond donors (Lipinski definition) is 1. The smallest absolute Gasteiger partial charge is 0.243 e. The molecule has 0 radical (unpaired) electrons. The number of thioether (sulfide) groups is 1. The lowest BCUT2D eigenvalue weighted by atomic mass is 9.95. The summed E-state index contributed by atoms with van der Waals surface area (Å²) in [6, 6.07) is 12.7. The van der Waals surface area contributed by atoms with Gasteiger partial charge in [-0.05, 0) is 54.7 Å². The van der Waals surface area contributed by atoms with E-state index < -0.39 is 6.04 Å². The van der Waals surface area contributed by atoms with Gasteiger partial charge in [0.25, 0.3) is 0 Å². The first-order valence-electron chi connectivity index (χ1n) is 12.2. The predicted molar refractivity (Wildman–Crippen MR) is 145 cm³/mol. The van der Waals surface area contributed by atoms with Crippen molar-refractivity contribution in [2.45, 2.75) is 69.8 Å². The molecule has 0 unspecified atom stereocenters. The van der Waals surface area contributed by atoms with E-state index in [0.29, 0.717) is 28.8 Å². The molecular weight excluding hydrogens is 503 g/mol. The summed E-state index contributed by atoms with van der Waals surface area (Å²) in [5, 5.41) is 4.39. The quantitative estimate of drug-likeness (QED) is 0.356. The highest BCUT2D eigenvalue weighted by Crippen LogP contribution is 2.29. The molecule has 1 N–H and O–H groups in total. The first-order chi connectivity index (χ1) is 16.9. The van der Waals surface area contributed by atoms with Crippen LogP contribution in [-0.2, 0) is 21.9 Å². The average Bonchev–Trinajstić information content (AvgIpc) is 2.86. The van der Waals surface area contributed by atoms with E-state index in [4.69, 9.17) is 27.9 Å². The SMILES string of the molecule is CC[C@H](C(=O)NC1CCCCC1)N(Cc1cccc(OC)c1)C(=O)CSCc1c(Cl)cccc1Cl. The van der Waals surface area contributed by atoms with Crippen LogP contribution in [0.2, 0.25) is 10.0 Å². The van der Waals surface area contributed by atoms with Gasteiger partial charge < -0.3 is 15.0 Å². The fourth-order valence-electron chi connectivity index (χ4n) is 4.42. The second kappa shape index (κ2) is 14.0. The van der Waals surface area contributed by atoms with Crippen LogP contribution in [0.3, 0.4) is 0 Å². The molecule has 0 aliphatic heterocycles. The van der Waals surface area contributed by atoms with Crippen LogP contribution in [-0.4, -0.2) is 41.7 Å². The molecular formula is C27H34Cl2N2O3S. The zero-order chi connectivity index (χ0) is 25.2. The first kappa shape index (κ1) is 27.7. The van der Waals surface area contributed by atoms with Crippen molar-refractivity contribution in [3.05, 3.63) is 63.6 Å². The molecule has 1 aliphatic rings. The molecule has 1 fully saturated rings. The summed E-state index contributed by atoms with van der Waals surface area (Å²) in [6.07, 6.45) is 6.03. The Morgan fingerprint density at radius 2 is 1.80 bits per heavy atom. The third kappa shape index (κ3) is 8.06. The summed E-state index contributed by atoms with van der Waals surface area (Å²) < 4.78 is 5.36. The van der Waals surface area contributed by atoms with E-state index in [2.05, 4.69) is 5.32 Å². The minimum absolute atomic E-state index is 0.0743. The number of benzene rings is 2. The summed E-state index contributed by atoms with van der Waals surface area (Å²) in [6.45, 7) is 2.29. The molecule has 190 valence electrons. The van der Waals surface area contributed by atoms with E-state index in [1.54, 1.807) is 30.2 Å².